The van der Waals surface area contributed by atoms with Gasteiger partial charge in [-0.05, 0) is 46.6 Å². The fraction of sp³-hybridized carbons (Fsp3) is 0.500. The summed E-state index contributed by atoms with van der Waals surface area (Å²) in [7, 11) is 0. The maximum absolute atomic E-state index is 15.3. The van der Waals surface area contributed by atoms with Gasteiger partial charge in [0.25, 0.3) is 0 Å². The Bertz CT molecular complexity index is 1310. The van der Waals surface area contributed by atoms with Gasteiger partial charge in [0.05, 0.1) is 39.6 Å². The molecule has 194 valence electrons. The lowest BCUT2D eigenvalue weighted by atomic mass is 9.96. The first kappa shape index (κ1) is 27.5. The molecule has 1 aliphatic carbocycles. The number of fused-ring (bicyclic) bond motifs is 1. The lowest BCUT2D eigenvalue weighted by Crippen LogP contribution is -2.29. The molecule has 1 aromatic heterocycles. The second-order valence-electron chi connectivity index (χ2n) is 9.98. The highest BCUT2D eigenvalue weighted by Crippen LogP contribution is 2.40. The Kier molecular flexibility index (Phi) is 8.03. The Morgan fingerprint density at radius 1 is 1.28 bits per heavy atom. The number of benzene rings is 1. The number of esters is 2. The van der Waals surface area contributed by atoms with Crippen molar-refractivity contribution in [1.82, 2.24) is 4.57 Å². The molecular formula is C26H30ClFN2O6. The zero-order valence-corrected chi connectivity index (χ0v) is 21.8. The number of ether oxygens (including phenoxy) is 2. The van der Waals surface area contributed by atoms with Crippen LogP contribution in [0.5, 0.6) is 0 Å². The van der Waals surface area contributed by atoms with Gasteiger partial charge in [-0.25, -0.2) is 4.39 Å². The van der Waals surface area contributed by atoms with E-state index in [1.807, 2.05) is 0 Å². The van der Waals surface area contributed by atoms with Crippen molar-refractivity contribution < 1.29 is 28.2 Å². The first-order valence-corrected chi connectivity index (χ1v) is 12.2. The normalized spacial score (nSPS) is 14.4. The molecule has 3 rings (SSSR count). The predicted octanol–water partition coefficient (Wildman–Crippen LogP) is 5.00. The van der Waals surface area contributed by atoms with Gasteiger partial charge in [0.1, 0.15) is 17.8 Å². The number of halogens is 2. The molecule has 1 N–H and O–H groups in total. The SMILES string of the molecule is CCOC(=O)CC(=O)c1cn(C2CC2)c2c(Cl)c(C(=N)CC(C)C(=O)OC(C)(C)C)c(F)cc2c1=O. The number of rotatable bonds is 9. The van der Waals surface area contributed by atoms with Crippen LogP contribution in [0.25, 0.3) is 10.9 Å². The number of pyridine rings is 1. The van der Waals surface area contributed by atoms with E-state index in [0.717, 1.165) is 18.9 Å². The third-order valence-electron chi connectivity index (χ3n) is 5.68. The number of hydrogen-bond acceptors (Lipinski definition) is 7. The number of nitrogens with zero attached hydrogens (tertiary/aromatic N) is 1. The van der Waals surface area contributed by atoms with E-state index in [0.29, 0.717) is 0 Å². The molecular weight excluding hydrogens is 491 g/mol. The van der Waals surface area contributed by atoms with Crippen molar-refractivity contribution in [3.05, 3.63) is 44.5 Å². The molecule has 1 heterocycles. The topological polar surface area (TPSA) is 116 Å². The Balaban J connectivity index is 2.05. The van der Waals surface area contributed by atoms with Crippen LogP contribution in [0.2, 0.25) is 5.02 Å². The van der Waals surface area contributed by atoms with E-state index in [1.165, 1.54) is 6.20 Å². The summed E-state index contributed by atoms with van der Waals surface area (Å²) >= 11 is 6.60. The van der Waals surface area contributed by atoms with Gasteiger partial charge in [-0.2, -0.15) is 0 Å². The molecule has 0 amide bonds. The highest BCUT2D eigenvalue weighted by atomic mass is 35.5. The van der Waals surface area contributed by atoms with E-state index in [-0.39, 0.29) is 51.8 Å². The van der Waals surface area contributed by atoms with Gasteiger partial charge in [-0.15, -0.1) is 0 Å². The fourth-order valence-electron chi connectivity index (χ4n) is 3.89. The van der Waals surface area contributed by atoms with E-state index in [9.17, 15) is 19.2 Å². The summed E-state index contributed by atoms with van der Waals surface area (Å²) in [6, 6.07) is 0.902. The summed E-state index contributed by atoms with van der Waals surface area (Å²) in [4.78, 5) is 50.0. The molecule has 2 aromatic rings. The molecule has 1 saturated carbocycles. The van der Waals surface area contributed by atoms with Crippen LogP contribution in [-0.2, 0) is 19.1 Å². The zero-order valence-electron chi connectivity index (χ0n) is 21.0. The molecule has 1 aliphatic rings. The number of Topliss-reactive ketones (excluding diaryl/α,β-unsaturated/α-hetero) is 1. The molecule has 0 radical (unpaired) electrons. The van der Waals surface area contributed by atoms with Crippen LogP contribution in [0.15, 0.2) is 17.1 Å². The van der Waals surface area contributed by atoms with Gasteiger partial charge in [0.15, 0.2) is 11.2 Å². The maximum atomic E-state index is 15.3. The van der Waals surface area contributed by atoms with Crippen molar-refractivity contribution in [2.45, 2.75) is 71.9 Å². The lowest BCUT2D eigenvalue weighted by Gasteiger charge is -2.23. The van der Waals surface area contributed by atoms with Crippen LogP contribution in [0, 0.1) is 17.1 Å². The molecule has 0 aliphatic heterocycles. The van der Waals surface area contributed by atoms with Crippen molar-refractivity contribution in [2.75, 3.05) is 6.61 Å². The molecule has 0 spiro atoms. The average molecular weight is 521 g/mol. The maximum Gasteiger partial charge on any atom is 0.313 e. The third kappa shape index (κ3) is 6.00. The number of aromatic nitrogens is 1. The van der Waals surface area contributed by atoms with E-state index >= 15 is 4.39 Å². The minimum atomic E-state index is -0.914. The van der Waals surface area contributed by atoms with Gasteiger partial charge in [-0.3, -0.25) is 19.2 Å². The van der Waals surface area contributed by atoms with Crippen LogP contribution in [-0.4, -0.2) is 40.2 Å². The van der Waals surface area contributed by atoms with Gasteiger partial charge in [-0.1, -0.05) is 18.5 Å². The molecule has 36 heavy (non-hydrogen) atoms. The van der Waals surface area contributed by atoms with E-state index in [1.54, 1.807) is 39.2 Å². The van der Waals surface area contributed by atoms with Gasteiger partial charge >= 0.3 is 11.9 Å². The second kappa shape index (κ2) is 10.5. The summed E-state index contributed by atoms with van der Waals surface area (Å²) in [6.07, 6.45) is 2.14. The molecule has 8 nitrogen and oxygen atoms in total. The molecule has 1 fully saturated rings. The zero-order chi connectivity index (χ0) is 26.9. The number of nitrogens with one attached hydrogen (secondary N) is 1. The number of ketones is 1. The second-order valence-corrected chi connectivity index (χ2v) is 10.4. The van der Waals surface area contributed by atoms with Crippen LogP contribution < -0.4 is 5.43 Å². The smallest absolute Gasteiger partial charge is 0.313 e. The summed E-state index contributed by atoms with van der Waals surface area (Å²) in [5, 5.41) is 8.24. The van der Waals surface area contributed by atoms with Gasteiger partial charge < -0.3 is 19.5 Å². The Morgan fingerprint density at radius 2 is 1.92 bits per heavy atom. The Morgan fingerprint density at radius 3 is 2.47 bits per heavy atom. The van der Waals surface area contributed by atoms with Crippen LogP contribution in [0.3, 0.4) is 0 Å². The lowest BCUT2D eigenvalue weighted by molar-refractivity contribution is -0.159. The largest absolute Gasteiger partial charge is 0.466 e. The first-order valence-electron chi connectivity index (χ1n) is 11.8. The molecule has 10 heteroatoms. The van der Waals surface area contributed by atoms with Crippen LogP contribution in [0.4, 0.5) is 4.39 Å². The average Bonchev–Trinajstić information content (AvgIpc) is 3.58. The number of carbonyl (C=O) groups is 3. The summed E-state index contributed by atoms with van der Waals surface area (Å²) in [5.74, 6) is -3.65. The summed E-state index contributed by atoms with van der Waals surface area (Å²) in [5.41, 5.74) is -1.92. The van der Waals surface area contributed by atoms with E-state index in [2.05, 4.69) is 0 Å². The standard InChI is InChI=1S/C26H30ClFN2O6/c1-6-35-20(32)11-19(31)16-12-30(14-7-8-14)23-15(24(16)33)10-17(28)21(22(23)27)18(29)9-13(2)25(34)36-26(3,4)5/h10,12-14,29H,6-9,11H2,1-5H3. The van der Waals surface area contributed by atoms with Crippen LogP contribution >= 0.6 is 11.6 Å². The molecule has 0 bridgehead atoms. The Labute approximate surface area is 213 Å². The van der Waals surface area contributed by atoms with Gasteiger partial charge in [0, 0.05) is 24.4 Å². The quantitative estimate of drug-likeness (QED) is 0.215. The molecule has 1 atom stereocenters. The number of carbonyl (C=O) groups excluding carboxylic acids is 3. The van der Waals surface area contributed by atoms with Crippen LogP contribution in [0.1, 0.15) is 82.3 Å². The van der Waals surface area contributed by atoms with Crippen molar-refractivity contribution in [3.8, 4) is 0 Å². The Hall–Kier alpha value is -3.07. The molecule has 1 unspecified atom stereocenters. The minimum absolute atomic E-state index is 0.0621. The van der Waals surface area contributed by atoms with Crippen molar-refractivity contribution in [1.29, 1.82) is 5.41 Å². The first-order chi connectivity index (χ1) is 16.7. The highest BCUT2D eigenvalue weighted by Gasteiger charge is 2.31. The fourth-order valence-corrected chi connectivity index (χ4v) is 4.29. The third-order valence-corrected chi connectivity index (χ3v) is 6.05. The minimum Gasteiger partial charge on any atom is -0.466 e. The van der Waals surface area contributed by atoms with Crippen molar-refractivity contribution in [2.24, 2.45) is 5.92 Å². The van der Waals surface area contributed by atoms with E-state index in [4.69, 9.17) is 26.5 Å². The molecule has 0 saturated heterocycles. The summed E-state index contributed by atoms with van der Waals surface area (Å²) < 4.78 is 27.1. The molecule has 1 aromatic carbocycles. The van der Waals surface area contributed by atoms with Crippen molar-refractivity contribution >= 4 is 45.9 Å². The monoisotopic (exact) mass is 520 g/mol. The van der Waals surface area contributed by atoms with Crippen molar-refractivity contribution in [3.63, 3.8) is 0 Å². The highest BCUT2D eigenvalue weighted by molar-refractivity contribution is 6.38. The summed E-state index contributed by atoms with van der Waals surface area (Å²) in [6.45, 7) is 8.46. The van der Waals surface area contributed by atoms with E-state index < -0.39 is 46.9 Å². The van der Waals surface area contributed by atoms with Gasteiger partial charge in [0.2, 0.25) is 0 Å². The number of hydrogen-bond donors (Lipinski definition) is 1. The predicted molar refractivity (Wildman–Crippen MR) is 133 cm³/mol.